The summed E-state index contributed by atoms with van der Waals surface area (Å²) >= 11 is 0. The molecule has 2 heterocycles. The number of nitrogens with zero attached hydrogens (tertiary/aromatic N) is 3. The summed E-state index contributed by atoms with van der Waals surface area (Å²) in [6.07, 6.45) is 8.19. The first-order valence-corrected chi connectivity index (χ1v) is 9.94. The molecule has 4 rings (SSSR count). The number of aromatic nitrogens is 2. The van der Waals surface area contributed by atoms with Gasteiger partial charge in [0.05, 0.1) is 17.8 Å². The van der Waals surface area contributed by atoms with Gasteiger partial charge in [-0.1, -0.05) is 25.7 Å². The first-order valence-electron chi connectivity index (χ1n) is 9.94. The van der Waals surface area contributed by atoms with Crippen LogP contribution in [0.2, 0.25) is 0 Å². The second-order valence-electron chi connectivity index (χ2n) is 7.72. The Labute approximate surface area is 163 Å². The van der Waals surface area contributed by atoms with E-state index < -0.39 is 5.82 Å². The Hall–Kier alpha value is -2.88. The molecule has 7 heteroatoms. The van der Waals surface area contributed by atoms with E-state index in [9.17, 15) is 9.18 Å². The highest BCUT2D eigenvalue weighted by molar-refractivity contribution is 5.89. The van der Waals surface area contributed by atoms with E-state index in [1.54, 1.807) is 11.0 Å². The minimum atomic E-state index is -0.589. The molecule has 1 saturated carbocycles. The number of urea groups is 1. The second-order valence-corrected chi connectivity index (χ2v) is 7.72. The third-order valence-electron chi connectivity index (χ3n) is 5.91. The molecule has 1 aliphatic carbocycles. The van der Waals surface area contributed by atoms with Gasteiger partial charge in [-0.3, -0.25) is 5.10 Å². The van der Waals surface area contributed by atoms with Gasteiger partial charge in [0.15, 0.2) is 0 Å². The molecule has 0 radical (unpaired) electrons. The summed E-state index contributed by atoms with van der Waals surface area (Å²) in [4.78, 5) is 14.4. The van der Waals surface area contributed by atoms with E-state index in [-0.39, 0.29) is 11.6 Å². The zero-order chi connectivity index (χ0) is 19.5. The van der Waals surface area contributed by atoms with Crippen LogP contribution in [0, 0.1) is 23.1 Å². The SMILES string of the molecule is N#Cc1cc(NC(=O)N2CCc3[nH]nc(CCC4CCCC4)c3C2)ccc1F. The van der Waals surface area contributed by atoms with Gasteiger partial charge in [-0.2, -0.15) is 10.4 Å². The van der Waals surface area contributed by atoms with Crippen molar-refractivity contribution in [2.75, 3.05) is 11.9 Å². The zero-order valence-electron chi connectivity index (χ0n) is 15.8. The molecule has 28 heavy (non-hydrogen) atoms. The minimum Gasteiger partial charge on any atom is -0.320 e. The lowest BCUT2D eigenvalue weighted by molar-refractivity contribution is 0.206. The van der Waals surface area contributed by atoms with Crippen molar-refractivity contribution in [2.45, 2.75) is 51.5 Å². The number of amides is 2. The topological polar surface area (TPSA) is 84.8 Å². The number of carbonyl (C=O) groups is 1. The van der Waals surface area contributed by atoms with Gasteiger partial charge in [0.2, 0.25) is 0 Å². The molecule has 146 valence electrons. The summed E-state index contributed by atoms with van der Waals surface area (Å²) in [6, 6.07) is 5.56. The number of nitrogens with one attached hydrogen (secondary N) is 2. The Kier molecular flexibility index (Phi) is 5.29. The van der Waals surface area contributed by atoms with Crippen molar-refractivity contribution in [3.8, 4) is 6.07 Å². The maximum atomic E-state index is 13.5. The highest BCUT2D eigenvalue weighted by Gasteiger charge is 2.26. The maximum absolute atomic E-state index is 13.5. The maximum Gasteiger partial charge on any atom is 0.322 e. The number of H-pyrrole nitrogens is 1. The van der Waals surface area contributed by atoms with Crippen LogP contribution >= 0.6 is 0 Å². The van der Waals surface area contributed by atoms with E-state index in [0.717, 1.165) is 42.1 Å². The number of nitriles is 1. The number of fused-ring (bicyclic) bond motifs is 1. The summed E-state index contributed by atoms with van der Waals surface area (Å²) < 4.78 is 13.5. The third kappa shape index (κ3) is 3.86. The van der Waals surface area contributed by atoms with Gasteiger partial charge < -0.3 is 10.2 Å². The first kappa shape index (κ1) is 18.5. The Balaban J connectivity index is 1.41. The Morgan fingerprint density at radius 2 is 2.21 bits per heavy atom. The number of benzene rings is 1. The van der Waals surface area contributed by atoms with Crippen LogP contribution in [0.15, 0.2) is 18.2 Å². The van der Waals surface area contributed by atoms with E-state index in [2.05, 4.69) is 15.5 Å². The largest absolute Gasteiger partial charge is 0.322 e. The normalized spacial score (nSPS) is 16.6. The second kappa shape index (κ2) is 8.01. The molecule has 0 spiro atoms. The fraction of sp³-hybridized carbons (Fsp3) is 0.476. The predicted molar refractivity (Wildman–Crippen MR) is 103 cm³/mol. The van der Waals surface area contributed by atoms with Crippen molar-refractivity contribution in [1.29, 1.82) is 5.26 Å². The van der Waals surface area contributed by atoms with E-state index in [0.29, 0.717) is 18.8 Å². The molecule has 2 aromatic rings. The molecule has 2 N–H and O–H groups in total. The van der Waals surface area contributed by atoms with E-state index in [4.69, 9.17) is 5.26 Å². The summed E-state index contributed by atoms with van der Waals surface area (Å²) in [7, 11) is 0. The van der Waals surface area contributed by atoms with Crippen LogP contribution in [0.5, 0.6) is 0 Å². The molecule has 1 aromatic heterocycles. The monoisotopic (exact) mass is 381 g/mol. The number of halogens is 1. The summed E-state index contributed by atoms with van der Waals surface area (Å²) in [5, 5.41) is 19.4. The standard InChI is InChI=1S/C21H24FN5O/c22-18-7-6-16(11-15(18)12-23)24-21(28)27-10-9-20-17(13-27)19(25-26-20)8-5-14-3-1-2-4-14/h6-7,11,14H,1-5,8-10,13H2,(H,24,28)(H,25,26). The van der Waals surface area contributed by atoms with Crippen molar-refractivity contribution in [2.24, 2.45) is 5.92 Å². The quantitative estimate of drug-likeness (QED) is 0.835. The number of anilines is 1. The van der Waals surface area contributed by atoms with Crippen molar-refractivity contribution in [1.82, 2.24) is 15.1 Å². The van der Waals surface area contributed by atoms with Crippen molar-refractivity contribution >= 4 is 11.7 Å². The van der Waals surface area contributed by atoms with Gasteiger partial charge >= 0.3 is 6.03 Å². The molecule has 0 unspecified atom stereocenters. The van der Waals surface area contributed by atoms with Gasteiger partial charge in [-0.15, -0.1) is 0 Å². The average molecular weight is 381 g/mol. The van der Waals surface area contributed by atoms with E-state index >= 15 is 0 Å². The molecule has 1 aromatic carbocycles. The molecule has 1 aliphatic heterocycles. The summed E-state index contributed by atoms with van der Waals surface area (Å²) in [6.45, 7) is 1.11. The molecule has 2 aliphatic rings. The van der Waals surface area contributed by atoms with Gasteiger partial charge in [0.25, 0.3) is 0 Å². The number of hydrogen-bond donors (Lipinski definition) is 2. The molecule has 2 amide bonds. The van der Waals surface area contributed by atoms with E-state index in [1.165, 1.54) is 43.9 Å². The lowest BCUT2D eigenvalue weighted by atomic mass is 9.97. The molecular formula is C21H24FN5O. The van der Waals surface area contributed by atoms with Gasteiger partial charge in [-0.05, 0) is 37.0 Å². The number of hydrogen-bond acceptors (Lipinski definition) is 3. The molecule has 0 saturated heterocycles. The van der Waals surface area contributed by atoms with E-state index in [1.807, 2.05) is 0 Å². The van der Waals surface area contributed by atoms with Gasteiger partial charge in [0, 0.05) is 29.9 Å². The highest BCUT2D eigenvalue weighted by atomic mass is 19.1. The Morgan fingerprint density at radius 1 is 1.39 bits per heavy atom. The van der Waals surface area contributed by atoms with Crippen molar-refractivity contribution in [3.05, 3.63) is 46.5 Å². The number of carbonyl (C=O) groups excluding carboxylic acids is 1. The minimum absolute atomic E-state index is 0.0808. The smallest absolute Gasteiger partial charge is 0.320 e. The molecular weight excluding hydrogens is 357 g/mol. The fourth-order valence-corrected chi connectivity index (χ4v) is 4.27. The van der Waals surface area contributed by atoms with Crippen molar-refractivity contribution < 1.29 is 9.18 Å². The molecule has 0 bridgehead atoms. The van der Waals surface area contributed by atoms with Gasteiger partial charge in [-0.25, -0.2) is 9.18 Å². The van der Waals surface area contributed by atoms with Crippen LogP contribution in [0.4, 0.5) is 14.9 Å². The summed E-state index contributed by atoms with van der Waals surface area (Å²) in [5.74, 6) is 0.219. The zero-order valence-corrected chi connectivity index (χ0v) is 15.8. The van der Waals surface area contributed by atoms with Crippen LogP contribution in [0.3, 0.4) is 0 Å². The average Bonchev–Trinajstić information content (AvgIpc) is 3.37. The lowest BCUT2D eigenvalue weighted by Gasteiger charge is -2.27. The van der Waals surface area contributed by atoms with Crippen LogP contribution in [0.1, 0.15) is 54.6 Å². The summed E-state index contributed by atoms with van der Waals surface area (Å²) in [5.41, 5.74) is 3.67. The predicted octanol–water partition coefficient (Wildman–Crippen LogP) is 4.13. The highest BCUT2D eigenvalue weighted by Crippen LogP contribution is 2.30. The van der Waals surface area contributed by atoms with Gasteiger partial charge in [0.1, 0.15) is 11.9 Å². The Bertz CT molecular complexity index is 910. The number of aryl methyl sites for hydroxylation is 1. The molecule has 6 nitrogen and oxygen atoms in total. The number of aromatic amines is 1. The lowest BCUT2D eigenvalue weighted by Crippen LogP contribution is -2.39. The van der Waals surface area contributed by atoms with Crippen LogP contribution < -0.4 is 5.32 Å². The molecule has 0 atom stereocenters. The fourth-order valence-electron chi connectivity index (χ4n) is 4.27. The Morgan fingerprint density at radius 3 is 3.00 bits per heavy atom. The van der Waals surface area contributed by atoms with Crippen LogP contribution in [0.25, 0.3) is 0 Å². The number of rotatable bonds is 4. The molecule has 1 fully saturated rings. The van der Waals surface area contributed by atoms with Crippen LogP contribution in [-0.2, 0) is 19.4 Å². The third-order valence-corrected chi connectivity index (χ3v) is 5.91. The van der Waals surface area contributed by atoms with Crippen molar-refractivity contribution in [3.63, 3.8) is 0 Å². The first-order chi connectivity index (χ1) is 13.6. The van der Waals surface area contributed by atoms with Crippen LogP contribution in [-0.4, -0.2) is 27.7 Å².